The van der Waals surface area contributed by atoms with E-state index in [1.807, 2.05) is 0 Å². The number of anilines is 2. The molecule has 0 radical (unpaired) electrons. The molecule has 0 aliphatic carbocycles. The van der Waals surface area contributed by atoms with Gasteiger partial charge in [-0.2, -0.15) is 0 Å². The van der Waals surface area contributed by atoms with Crippen LogP contribution in [-0.4, -0.2) is 60.2 Å². The van der Waals surface area contributed by atoms with Gasteiger partial charge in [0.25, 0.3) is 0 Å². The maximum atomic E-state index is 11.7. The summed E-state index contributed by atoms with van der Waals surface area (Å²) >= 11 is 0. The quantitative estimate of drug-likeness (QED) is 0.534. The van der Waals surface area contributed by atoms with Crippen LogP contribution in [0, 0.1) is 5.92 Å². The third-order valence-corrected chi connectivity index (χ3v) is 8.09. The number of carboxylic acid groups (broad SMARTS) is 1. The first kappa shape index (κ1) is 24.1. The summed E-state index contributed by atoms with van der Waals surface area (Å²) in [6, 6.07) is 13.1. The lowest BCUT2D eigenvalue weighted by Crippen LogP contribution is -2.30. The van der Waals surface area contributed by atoms with Crippen molar-refractivity contribution in [3.05, 3.63) is 53.2 Å². The molecule has 188 valence electrons. The Balaban J connectivity index is 1.17. The molecule has 2 aromatic rings. The highest BCUT2D eigenvalue weighted by Gasteiger charge is 2.27. The van der Waals surface area contributed by atoms with Crippen LogP contribution in [0.2, 0.25) is 0 Å². The molecule has 0 unspecified atom stereocenters. The van der Waals surface area contributed by atoms with Crippen LogP contribution in [0.15, 0.2) is 36.4 Å². The fraction of sp³-hybridized carbons (Fsp3) is 0.586. The first-order valence-electron chi connectivity index (χ1n) is 13.7. The summed E-state index contributed by atoms with van der Waals surface area (Å²) in [5.41, 5.74) is 4.96. The number of rotatable bonds is 9. The molecule has 3 aliphatic rings. The Bertz CT molecular complexity index is 1000. The number of fused-ring (bicyclic) bond motifs is 1. The van der Waals surface area contributed by atoms with Gasteiger partial charge in [0.2, 0.25) is 0 Å². The molecular formula is C29H40N4O2. The Hall–Kier alpha value is -2.60. The second kappa shape index (κ2) is 11.4. The number of carboxylic acids is 1. The van der Waals surface area contributed by atoms with E-state index in [9.17, 15) is 9.90 Å². The van der Waals surface area contributed by atoms with Gasteiger partial charge in [0.15, 0.2) is 0 Å². The van der Waals surface area contributed by atoms with Gasteiger partial charge in [0, 0.05) is 50.0 Å². The molecule has 3 aliphatic heterocycles. The van der Waals surface area contributed by atoms with E-state index in [-0.39, 0.29) is 12.3 Å². The van der Waals surface area contributed by atoms with Gasteiger partial charge >= 0.3 is 5.97 Å². The van der Waals surface area contributed by atoms with Crippen LogP contribution in [0.3, 0.4) is 0 Å². The van der Waals surface area contributed by atoms with Crippen molar-refractivity contribution < 1.29 is 9.90 Å². The molecule has 35 heavy (non-hydrogen) atoms. The lowest BCUT2D eigenvalue weighted by Gasteiger charge is -2.30. The van der Waals surface area contributed by atoms with Gasteiger partial charge in [-0.15, -0.1) is 0 Å². The molecule has 2 saturated heterocycles. The number of nitrogens with one attached hydrogen (secondary N) is 1. The Kier molecular flexibility index (Phi) is 7.87. The zero-order valence-corrected chi connectivity index (χ0v) is 20.9. The first-order valence-corrected chi connectivity index (χ1v) is 13.7. The van der Waals surface area contributed by atoms with E-state index in [0.717, 1.165) is 64.3 Å². The van der Waals surface area contributed by atoms with Crippen molar-refractivity contribution in [1.82, 2.24) is 9.88 Å². The third-order valence-electron chi connectivity index (χ3n) is 8.09. The number of benzene rings is 1. The Labute approximate surface area is 209 Å². The number of likely N-dealkylation sites (tertiary alicyclic amines) is 1. The van der Waals surface area contributed by atoms with Crippen LogP contribution < -0.4 is 10.2 Å². The molecule has 4 heterocycles. The zero-order valence-electron chi connectivity index (χ0n) is 20.9. The van der Waals surface area contributed by atoms with Gasteiger partial charge in [0.05, 0.1) is 6.42 Å². The fourth-order valence-corrected chi connectivity index (χ4v) is 6.11. The smallest absolute Gasteiger partial charge is 0.304 e. The molecule has 0 saturated carbocycles. The maximum Gasteiger partial charge on any atom is 0.304 e. The second-order valence-electron chi connectivity index (χ2n) is 10.7. The predicted molar refractivity (Wildman–Crippen MR) is 141 cm³/mol. The average molecular weight is 477 g/mol. The molecule has 6 heteroatoms. The number of nitrogens with zero attached hydrogens (tertiary/aromatic N) is 3. The minimum Gasteiger partial charge on any atom is -0.481 e. The van der Waals surface area contributed by atoms with E-state index in [0.29, 0.717) is 5.92 Å². The van der Waals surface area contributed by atoms with E-state index >= 15 is 0 Å². The van der Waals surface area contributed by atoms with Crippen LogP contribution in [0.5, 0.6) is 0 Å². The van der Waals surface area contributed by atoms with Crippen molar-refractivity contribution in [2.24, 2.45) is 5.92 Å². The summed E-state index contributed by atoms with van der Waals surface area (Å²) in [4.78, 5) is 21.5. The molecule has 2 atom stereocenters. The number of aryl methyl sites for hydroxylation is 2. The number of carbonyl (C=O) groups is 1. The van der Waals surface area contributed by atoms with Crippen molar-refractivity contribution in [2.75, 3.05) is 49.5 Å². The number of hydrogen-bond donors (Lipinski definition) is 2. The molecule has 0 bridgehead atoms. The monoisotopic (exact) mass is 476 g/mol. The standard InChI is InChI=1S/C29H40N4O2/c34-28(35)19-25(24-6-4-8-27(18-24)33-15-2-1-3-16-33)21-32-17-13-22(20-32)9-11-26-12-10-23-7-5-14-30-29(23)31-26/h4,6,8,10,12,18,22,25H,1-3,5,7,9,11,13-17,19-21H2,(H,30,31)(H,34,35)/t22-,25-/m1/s1. The molecule has 0 amide bonds. The SMILES string of the molecule is O=C(O)C[C@H](CN1CC[C@@H](CCc2ccc3c(n2)NCCC3)C1)c1cccc(N2CCCCC2)c1. The fourth-order valence-electron chi connectivity index (χ4n) is 6.11. The summed E-state index contributed by atoms with van der Waals surface area (Å²) in [6.45, 7) is 6.19. The summed E-state index contributed by atoms with van der Waals surface area (Å²) in [5.74, 6) is 1.07. The molecule has 0 spiro atoms. The van der Waals surface area contributed by atoms with Crippen LogP contribution in [-0.2, 0) is 17.6 Å². The van der Waals surface area contributed by atoms with E-state index in [1.165, 1.54) is 54.6 Å². The van der Waals surface area contributed by atoms with Crippen LogP contribution >= 0.6 is 0 Å². The number of pyridine rings is 1. The molecule has 2 fully saturated rings. The van der Waals surface area contributed by atoms with Crippen LogP contribution in [0.25, 0.3) is 0 Å². The third kappa shape index (κ3) is 6.35. The van der Waals surface area contributed by atoms with Crippen molar-refractivity contribution in [3.8, 4) is 0 Å². The van der Waals surface area contributed by atoms with E-state index < -0.39 is 5.97 Å². The number of aromatic nitrogens is 1. The molecule has 2 N–H and O–H groups in total. The molecular weight excluding hydrogens is 436 g/mol. The van der Waals surface area contributed by atoms with Crippen LogP contribution in [0.4, 0.5) is 11.5 Å². The minimum atomic E-state index is -0.707. The average Bonchev–Trinajstić information content (AvgIpc) is 3.34. The highest BCUT2D eigenvalue weighted by Crippen LogP contribution is 2.30. The predicted octanol–water partition coefficient (Wildman–Crippen LogP) is 4.94. The molecule has 1 aromatic heterocycles. The van der Waals surface area contributed by atoms with Crippen molar-refractivity contribution in [2.45, 2.75) is 63.7 Å². The minimum absolute atomic E-state index is 0.0318. The van der Waals surface area contributed by atoms with Gasteiger partial charge in [0.1, 0.15) is 5.82 Å². The van der Waals surface area contributed by atoms with Gasteiger partial charge < -0.3 is 20.2 Å². The van der Waals surface area contributed by atoms with Crippen molar-refractivity contribution >= 4 is 17.5 Å². The topological polar surface area (TPSA) is 68.7 Å². The largest absolute Gasteiger partial charge is 0.481 e. The molecule has 1 aromatic carbocycles. The Morgan fingerprint density at radius 1 is 1.11 bits per heavy atom. The second-order valence-corrected chi connectivity index (χ2v) is 10.7. The summed E-state index contributed by atoms with van der Waals surface area (Å²) < 4.78 is 0. The van der Waals surface area contributed by atoms with Gasteiger partial charge in [-0.25, -0.2) is 4.98 Å². The van der Waals surface area contributed by atoms with Crippen molar-refractivity contribution in [1.29, 1.82) is 0 Å². The summed E-state index contributed by atoms with van der Waals surface area (Å²) in [7, 11) is 0. The summed E-state index contributed by atoms with van der Waals surface area (Å²) in [5, 5.41) is 13.1. The van der Waals surface area contributed by atoms with Gasteiger partial charge in [-0.1, -0.05) is 18.2 Å². The van der Waals surface area contributed by atoms with E-state index in [1.54, 1.807) is 0 Å². The van der Waals surface area contributed by atoms with E-state index in [4.69, 9.17) is 4.98 Å². The zero-order chi connectivity index (χ0) is 24.0. The number of piperidine rings is 1. The summed E-state index contributed by atoms with van der Waals surface area (Å²) in [6.07, 6.45) is 9.68. The Morgan fingerprint density at radius 3 is 2.86 bits per heavy atom. The normalized spacial score (nSPS) is 21.4. The maximum absolute atomic E-state index is 11.7. The van der Waals surface area contributed by atoms with Crippen LogP contribution in [0.1, 0.15) is 67.7 Å². The van der Waals surface area contributed by atoms with Crippen molar-refractivity contribution in [3.63, 3.8) is 0 Å². The lowest BCUT2D eigenvalue weighted by molar-refractivity contribution is -0.137. The molecule has 6 nitrogen and oxygen atoms in total. The molecule has 5 rings (SSSR count). The van der Waals surface area contributed by atoms with Gasteiger partial charge in [-0.3, -0.25) is 4.79 Å². The first-order chi connectivity index (χ1) is 17.1. The highest BCUT2D eigenvalue weighted by molar-refractivity contribution is 5.68. The highest BCUT2D eigenvalue weighted by atomic mass is 16.4. The lowest BCUT2D eigenvalue weighted by atomic mass is 9.94. The van der Waals surface area contributed by atoms with Gasteiger partial charge in [-0.05, 0) is 93.2 Å². The Morgan fingerprint density at radius 2 is 2.00 bits per heavy atom. The number of aliphatic carboxylic acids is 1. The van der Waals surface area contributed by atoms with E-state index in [2.05, 4.69) is 51.5 Å². The number of hydrogen-bond acceptors (Lipinski definition) is 5.